The van der Waals surface area contributed by atoms with Gasteiger partial charge >= 0.3 is 0 Å². The molecule has 0 aromatic heterocycles. The van der Waals surface area contributed by atoms with E-state index >= 15 is 0 Å². The molecule has 1 rings (SSSR count). The molecule has 0 saturated carbocycles. The first-order valence-corrected chi connectivity index (χ1v) is 4.66. The lowest BCUT2D eigenvalue weighted by Crippen LogP contribution is -2.30. The highest BCUT2D eigenvalue weighted by molar-refractivity contribution is 5.40. The summed E-state index contributed by atoms with van der Waals surface area (Å²) in [6.07, 6.45) is 4.60. The second-order valence-corrected chi connectivity index (χ2v) is 5.09. The second kappa shape index (κ2) is 2.48. The maximum atomic E-state index is 2.34. The van der Waals surface area contributed by atoms with Crippen LogP contribution < -0.4 is 0 Å². The van der Waals surface area contributed by atoms with Gasteiger partial charge in [0.2, 0.25) is 0 Å². The molecule has 1 atom stereocenters. The van der Waals surface area contributed by atoms with Crippen molar-refractivity contribution in [1.82, 2.24) is 0 Å². The van der Waals surface area contributed by atoms with E-state index in [1.54, 1.807) is 0 Å². The van der Waals surface area contributed by atoms with Crippen LogP contribution in [0.4, 0.5) is 0 Å². The van der Waals surface area contributed by atoms with E-state index in [0.29, 0.717) is 5.41 Å². The lowest BCUT2D eigenvalue weighted by Gasteiger charge is -2.39. The van der Waals surface area contributed by atoms with Gasteiger partial charge in [0, 0.05) is 5.41 Å². The van der Waals surface area contributed by atoms with Crippen molar-refractivity contribution in [2.75, 3.05) is 0 Å². The van der Waals surface area contributed by atoms with Crippen molar-refractivity contribution in [2.24, 2.45) is 10.8 Å². The van der Waals surface area contributed by atoms with Crippen LogP contribution in [0.1, 0.15) is 41.5 Å². The maximum absolute atomic E-state index is 2.34. The number of allylic oxidation sites excluding steroid dienone is 4. The minimum Gasteiger partial charge on any atom is -0.0738 e. The van der Waals surface area contributed by atoms with Gasteiger partial charge in [0.25, 0.3) is 0 Å². The fourth-order valence-corrected chi connectivity index (χ4v) is 1.76. The van der Waals surface area contributed by atoms with Gasteiger partial charge in [-0.25, -0.2) is 0 Å². The van der Waals surface area contributed by atoms with Crippen molar-refractivity contribution >= 4 is 0 Å². The van der Waals surface area contributed by atoms with Gasteiger partial charge in [0.05, 0.1) is 0 Å². The fourth-order valence-electron chi connectivity index (χ4n) is 1.76. The summed E-state index contributed by atoms with van der Waals surface area (Å²) in [5, 5.41) is 0. The minimum absolute atomic E-state index is 0.261. The molecule has 0 N–H and O–H groups in total. The summed E-state index contributed by atoms with van der Waals surface area (Å²) in [6, 6.07) is 0. The Morgan fingerprint density at radius 3 is 1.83 bits per heavy atom. The van der Waals surface area contributed by atoms with Crippen molar-refractivity contribution in [3.8, 4) is 0 Å². The zero-order valence-electron chi connectivity index (χ0n) is 9.15. The molecule has 68 valence electrons. The van der Waals surface area contributed by atoms with Gasteiger partial charge in [0.1, 0.15) is 0 Å². The summed E-state index contributed by atoms with van der Waals surface area (Å²) < 4.78 is 0. The molecular formula is C12H20. The zero-order chi connectivity index (χ0) is 9.57. The standard InChI is InChI=1S/C12H20/c1-9-7-8-12(6,10(9)2)11(3,4)5/h7-8H,1-6H3. The molecule has 0 saturated heterocycles. The average molecular weight is 164 g/mol. The van der Waals surface area contributed by atoms with E-state index in [0.717, 1.165) is 0 Å². The van der Waals surface area contributed by atoms with Crippen LogP contribution in [0.3, 0.4) is 0 Å². The SMILES string of the molecule is CC1=C(C)C(C)(C(C)(C)C)C=C1. The van der Waals surface area contributed by atoms with Gasteiger partial charge < -0.3 is 0 Å². The van der Waals surface area contributed by atoms with Gasteiger partial charge in [-0.3, -0.25) is 0 Å². The maximum Gasteiger partial charge on any atom is 0.0117 e. The molecule has 1 unspecified atom stereocenters. The first-order chi connectivity index (χ1) is 5.29. The molecule has 0 fully saturated rings. The van der Waals surface area contributed by atoms with Crippen LogP contribution in [0.2, 0.25) is 0 Å². The van der Waals surface area contributed by atoms with E-state index in [-0.39, 0.29) is 5.41 Å². The Morgan fingerprint density at radius 2 is 1.67 bits per heavy atom. The Bertz CT molecular complexity index is 248. The molecule has 1 aliphatic carbocycles. The summed E-state index contributed by atoms with van der Waals surface area (Å²) in [6.45, 7) is 13.7. The molecule has 0 bridgehead atoms. The Morgan fingerprint density at radius 1 is 1.17 bits per heavy atom. The first-order valence-electron chi connectivity index (χ1n) is 4.66. The lowest BCUT2D eigenvalue weighted by molar-refractivity contribution is 0.216. The van der Waals surface area contributed by atoms with Crippen molar-refractivity contribution in [3.05, 3.63) is 23.3 Å². The van der Waals surface area contributed by atoms with Gasteiger partial charge in [-0.2, -0.15) is 0 Å². The zero-order valence-corrected chi connectivity index (χ0v) is 9.15. The topological polar surface area (TPSA) is 0 Å². The highest BCUT2D eigenvalue weighted by Gasteiger charge is 2.39. The molecule has 0 aliphatic heterocycles. The molecule has 0 aromatic rings. The summed E-state index contributed by atoms with van der Waals surface area (Å²) >= 11 is 0. The predicted molar refractivity (Wildman–Crippen MR) is 55.1 cm³/mol. The van der Waals surface area contributed by atoms with Crippen LogP contribution in [-0.2, 0) is 0 Å². The summed E-state index contributed by atoms with van der Waals surface area (Å²) in [5.74, 6) is 0. The van der Waals surface area contributed by atoms with Crippen LogP contribution in [0, 0.1) is 10.8 Å². The average Bonchev–Trinajstić information content (AvgIpc) is 2.16. The molecule has 0 amide bonds. The summed E-state index contributed by atoms with van der Waals surface area (Å²) in [7, 11) is 0. The third kappa shape index (κ3) is 1.14. The number of rotatable bonds is 0. The molecule has 0 heterocycles. The Balaban J connectivity index is 3.13. The third-order valence-corrected chi connectivity index (χ3v) is 3.60. The predicted octanol–water partition coefficient (Wildman–Crippen LogP) is 3.95. The van der Waals surface area contributed by atoms with Crippen LogP contribution in [-0.4, -0.2) is 0 Å². The van der Waals surface area contributed by atoms with E-state index in [1.165, 1.54) is 11.1 Å². The molecule has 0 nitrogen and oxygen atoms in total. The van der Waals surface area contributed by atoms with E-state index < -0.39 is 0 Å². The second-order valence-electron chi connectivity index (χ2n) is 5.09. The van der Waals surface area contributed by atoms with E-state index in [4.69, 9.17) is 0 Å². The van der Waals surface area contributed by atoms with Gasteiger partial charge in [-0.1, -0.05) is 51.0 Å². The van der Waals surface area contributed by atoms with Gasteiger partial charge in [-0.15, -0.1) is 0 Å². The molecule has 0 aromatic carbocycles. The Kier molecular flexibility index (Phi) is 1.98. The Hall–Kier alpha value is -0.520. The van der Waals surface area contributed by atoms with Crippen molar-refractivity contribution in [3.63, 3.8) is 0 Å². The molecule has 0 spiro atoms. The van der Waals surface area contributed by atoms with Crippen molar-refractivity contribution in [2.45, 2.75) is 41.5 Å². The van der Waals surface area contributed by atoms with Crippen LogP contribution in [0.25, 0.3) is 0 Å². The van der Waals surface area contributed by atoms with E-state index in [9.17, 15) is 0 Å². The summed E-state index contributed by atoms with van der Waals surface area (Å²) in [5.41, 5.74) is 3.55. The largest absolute Gasteiger partial charge is 0.0738 e. The minimum atomic E-state index is 0.261. The fraction of sp³-hybridized carbons (Fsp3) is 0.667. The smallest absolute Gasteiger partial charge is 0.0117 e. The highest BCUT2D eigenvalue weighted by atomic mass is 14.4. The summed E-state index contributed by atoms with van der Waals surface area (Å²) in [4.78, 5) is 0. The Labute approximate surface area is 76.4 Å². The van der Waals surface area contributed by atoms with Crippen LogP contribution >= 0.6 is 0 Å². The molecule has 12 heavy (non-hydrogen) atoms. The van der Waals surface area contributed by atoms with Crippen LogP contribution in [0.15, 0.2) is 23.3 Å². The molecule has 0 radical (unpaired) electrons. The normalized spacial score (nSPS) is 30.2. The van der Waals surface area contributed by atoms with Gasteiger partial charge in [-0.05, 0) is 19.3 Å². The quantitative estimate of drug-likeness (QED) is 0.508. The highest BCUT2D eigenvalue weighted by Crippen LogP contribution is 2.49. The monoisotopic (exact) mass is 164 g/mol. The number of hydrogen-bond donors (Lipinski definition) is 0. The van der Waals surface area contributed by atoms with Gasteiger partial charge in [0.15, 0.2) is 0 Å². The number of hydrogen-bond acceptors (Lipinski definition) is 0. The van der Waals surface area contributed by atoms with E-state index in [2.05, 4.69) is 53.7 Å². The molecule has 0 heteroatoms. The first kappa shape index (κ1) is 9.57. The van der Waals surface area contributed by atoms with Crippen molar-refractivity contribution < 1.29 is 0 Å². The van der Waals surface area contributed by atoms with Crippen LogP contribution in [0.5, 0.6) is 0 Å². The third-order valence-electron chi connectivity index (χ3n) is 3.60. The van der Waals surface area contributed by atoms with E-state index in [1.807, 2.05) is 0 Å². The van der Waals surface area contributed by atoms with Crippen molar-refractivity contribution in [1.29, 1.82) is 0 Å². The molecule has 1 aliphatic rings. The molecular weight excluding hydrogens is 144 g/mol. The lowest BCUT2D eigenvalue weighted by atomic mass is 9.65.